The highest BCUT2D eigenvalue weighted by molar-refractivity contribution is 5.89. The summed E-state index contributed by atoms with van der Waals surface area (Å²) in [6.45, 7) is 1.83. The van der Waals surface area contributed by atoms with Crippen LogP contribution in [0.2, 0.25) is 0 Å². The van der Waals surface area contributed by atoms with Gasteiger partial charge in [0.25, 0.3) is 0 Å². The van der Waals surface area contributed by atoms with E-state index in [2.05, 4.69) is 26.2 Å². The SMILES string of the molecule is Cc1nnnn1-c1cccc(NC(=O)NC2CCCCCC2)c1. The van der Waals surface area contributed by atoms with Gasteiger partial charge in [0.2, 0.25) is 0 Å². The molecule has 0 spiro atoms. The fourth-order valence-corrected chi connectivity index (χ4v) is 2.96. The van der Waals surface area contributed by atoms with E-state index in [0.717, 1.165) is 24.2 Å². The van der Waals surface area contributed by atoms with Crippen LogP contribution in [0.4, 0.5) is 10.5 Å². The number of hydrogen-bond donors (Lipinski definition) is 2. The molecule has 1 aromatic heterocycles. The van der Waals surface area contributed by atoms with Crippen molar-refractivity contribution in [2.75, 3.05) is 5.32 Å². The van der Waals surface area contributed by atoms with Gasteiger partial charge in [-0.3, -0.25) is 0 Å². The minimum atomic E-state index is -0.150. The Bertz CT molecular complexity index is 660. The zero-order valence-electron chi connectivity index (χ0n) is 13.3. The first-order valence-corrected chi connectivity index (χ1v) is 8.15. The van der Waals surface area contributed by atoms with E-state index in [1.165, 1.54) is 25.7 Å². The van der Waals surface area contributed by atoms with E-state index < -0.39 is 0 Å². The van der Waals surface area contributed by atoms with Gasteiger partial charge in [-0.15, -0.1) is 5.10 Å². The van der Waals surface area contributed by atoms with Gasteiger partial charge in [0.15, 0.2) is 5.82 Å². The second-order valence-electron chi connectivity index (χ2n) is 5.98. The second-order valence-corrected chi connectivity index (χ2v) is 5.98. The number of aryl methyl sites for hydroxylation is 1. The molecular weight excluding hydrogens is 292 g/mol. The largest absolute Gasteiger partial charge is 0.335 e. The normalized spacial score (nSPS) is 15.9. The Kier molecular flexibility index (Phi) is 4.85. The van der Waals surface area contributed by atoms with Gasteiger partial charge < -0.3 is 10.6 Å². The molecule has 0 atom stereocenters. The van der Waals surface area contributed by atoms with Crippen LogP contribution < -0.4 is 10.6 Å². The van der Waals surface area contributed by atoms with Gasteiger partial charge in [0.05, 0.1) is 5.69 Å². The first-order chi connectivity index (χ1) is 11.2. The van der Waals surface area contributed by atoms with Crippen molar-refractivity contribution in [3.8, 4) is 5.69 Å². The molecular formula is C16H22N6O. The number of carbonyl (C=O) groups is 1. The van der Waals surface area contributed by atoms with E-state index in [9.17, 15) is 4.79 Å². The molecule has 1 aliphatic rings. The Morgan fingerprint density at radius 1 is 1.22 bits per heavy atom. The molecule has 2 amide bonds. The van der Waals surface area contributed by atoms with Crippen molar-refractivity contribution in [1.82, 2.24) is 25.5 Å². The number of benzene rings is 1. The first kappa shape index (κ1) is 15.5. The topological polar surface area (TPSA) is 84.7 Å². The van der Waals surface area contributed by atoms with Crippen molar-refractivity contribution in [2.45, 2.75) is 51.5 Å². The van der Waals surface area contributed by atoms with E-state index in [-0.39, 0.29) is 12.1 Å². The van der Waals surface area contributed by atoms with E-state index in [1.54, 1.807) is 4.68 Å². The molecule has 2 aromatic rings. The van der Waals surface area contributed by atoms with Gasteiger partial charge in [0.1, 0.15) is 0 Å². The summed E-state index contributed by atoms with van der Waals surface area (Å²) in [7, 11) is 0. The van der Waals surface area contributed by atoms with Gasteiger partial charge in [-0.1, -0.05) is 31.7 Å². The van der Waals surface area contributed by atoms with Crippen LogP contribution in [0.1, 0.15) is 44.3 Å². The highest BCUT2D eigenvalue weighted by atomic mass is 16.2. The number of rotatable bonds is 3. The predicted octanol–water partition coefficient (Wildman–Crippen LogP) is 2.82. The van der Waals surface area contributed by atoms with E-state index in [1.807, 2.05) is 31.2 Å². The van der Waals surface area contributed by atoms with Crippen LogP contribution in [0.15, 0.2) is 24.3 Å². The van der Waals surface area contributed by atoms with Crippen LogP contribution in [0.3, 0.4) is 0 Å². The number of hydrogen-bond acceptors (Lipinski definition) is 4. The number of tetrazole rings is 1. The average Bonchev–Trinajstić information content (AvgIpc) is 2.80. The van der Waals surface area contributed by atoms with Crippen LogP contribution >= 0.6 is 0 Å². The van der Waals surface area contributed by atoms with Crippen LogP contribution in [-0.2, 0) is 0 Å². The highest BCUT2D eigenvalue weighted by Gasteiger charge is 2.14. The Morgan fingerprint density at radius 3 is 2.70 bits per heavy atom. The summed E-state index contributed by atoms with van der Waals surface area (Å²) in [4.78, 5) is 12.2. The smallest absolute Gasteiger partial charge is 0.319 e. The number of anilines is 1. The lowest BCUT2D eigenvalue weighted by Gasteiger charge is -2.17. The molecule has 0 radical (unpaired) electrons. The zero-order valence-corrected chi connectivity index (χ0v) is 13.3. The molecule has 1 saturated carbocycles. The van der Waals surface area contributed by atoms with Crippen LogP contribution in [0.25, 0.3) is 5.69 Å². The second kappa shape index (κ2) is 7.21. The number of amides is 2. The monoisotopic (exact) mass is 314 g/mol. The molecule has 1 aliphatic carbocycles. The molecule has 0 saturated heterocycles. The van der Waals surface area contributed by atoms with E-state index in [0.29, 0.717) is 5.82 Å². The number of urea groups is 1. The Balaban J connectivity index is 1.63. The maximum Gasteiger partial charge on any atom is 0.319 e. The van der Waals surface area contributed by atoms with Gasteiger partial charge in [-0.2, -0.15) is 4.68 Å². The minimum absolute atomic E-state index is 0.150. The van der Waals surface area contributed by atoms with Crippen molar-refractivity contribution in [3.05, 3.63) is 30.1 Å². The fraction of sp³-hybridized carbons (Fsp3) is 0.500. The predicted molar refractivity (Wildman–Crippen MR) is 87.5 cm³/mol. The highest BCUT2D eigenvalue weighted by Crippen LogP contribution is 2.18. The average molecular weight is 314 g/mol. The quantitative estimate of drug-likeness (QED) is 0.853. The third kappa shape index (κ3) is 4.06. The molecule has 1 aromatic carbocycles. The maximum atomic E-state index is 12.2. The fourth-order valence-electron chi connectivity index (χ4n) is 2.96. The molecule has 0 bridgehead atoms. The van der Waals surface area contributed by atoms with E-state index >= 15 is 0 Å². The van der Waals surface area contributed by atoms with Crippen molar-refractivity contribution in [2.24, 2.45) is 0 Å². The van der Waals surface area contributed by atoms with Crippen LogP contribution in [0, 0.1) is 6.92 Å². The summed E-state index contributed by atoms with van der Waals surface area (Å²) in [6.07, 6.45) is 7.06. The molecule has 0 aliphatic heterocycles. The van der Waals surface area contributed by atoms with Crippen molar-refractivity contribution < 1.29 is 4.79 Å². The summed E-state index contributed by atoms with van der Waals surface area (Å²) in [5, 5.41) is 17.4. The lowest BCUT2D eigenvalue weighted by atomic mass is 10.1. The van der Waals surface area contributed by atoms with Crippen LogP contribution in [0.5, 0.6) is 0 Å². The molecule has 3 rings (SSSR count). The minimum Gasteiger partial charge on any atom is -0.335 e. The van der Waals surface area contributed by atoms with Gasteiger partial charge >= 0.3 is 6.03 Å². The molecule has 1 fully saturated rings. The van der Waals surface area contributed by atoms with Gasteiger partial charge in [-0.25, -0.2) is 4.79 Å². The summed E-state index contributed by atoms with van der Waals surface area (Å²) in [6, 6.07) is 7.62. The van der Waals surface area contributed by atoms with Gasteiger partial charge in [0, 0.05) is 11.7 Å². The molecule has 122 valence electrons. The number of nitrogens with one attached hydrogen (secondary N) is 2. The van der Waals surface area contributed by atoms with Gasteiger partial charge in [-0.05, 0) is 48.4 Å². The molecule has 0 unspecified atom stereocenters. The molecule has 23 heavy (non-hydrogen) atoms. The number of carbonyl (C=O) groups excluding carboxylic acids is 1. The maximum absolute atomic E-state index is 12.2. The Hall–Kier alpha value is -2.44. The zero-order chi connectivity index (χ0) is 16.1. The lowest BCUT2D eigenvalue weighted by molar-refractivity contribution is 0.247. The number of nitrogens with zero attached hydrogens (tertiary/aromatic N) is 4. The summed E-state index contributed by atoms with van der Waals surface area (Å²) >= 11 is 0. The summed E-state index contributed by atoms with van der Waals surface area (Å²) in [5.41, 5.74) is 1.54. The number of aromatic nitrogens is 4. The molecule has 2 N–H and O–H groups in total. The summed E-state index contributed by atoms with van der Waals surface area (Å²) in [5.74, 6) is 0.699. The molecule has 7 heteroatoms. The molecule has 1 heterocycles. The standard InChI is InChI=1S/C16H22N6O/c1-12-19-20-21-22(12)15-10-6-9-14(11-15)18-16(23)17-13-7-4-2-3-5-8-13/h6,9-11,13H,2-5,7-8H2,1H3,(H2,17,18,23). The third-order valence-electron chi connectivity index (χ3n) is 4.16. The lowest BCUT2D eigenvalue weighted by Crippen LogP contribution is -2.37. The summed E-state index contributed by atoms with van der Waals surface area (Å²) < 4.78 is 1.63. The van der Waals surface area contributed by atoms with E-state index in [4.69, 9.17) is 0 Å². The van der Waals surface area contributed by atoms with Crippen molar-refractivity contribution in [1.29, 1.82) is 0 Å². The first-order valence-electron chi connectivity index (χ1n) is 8.15. The van der Waals surface area contributed by atoms with Crippen LogP contribution in [-0.4, -0.2) is 32.3 Å². The van der Waals surface area contributed by atoms with Crippen molar-refractivity contribution >= 4 is 11.7 Å². The Morgan fingerprint density at radius 2 is 2.00 bits per heavy atom. The van der Waals surface area contributed by atoms with Crippen molar-refractivity contribution in [3.63, 3.8) is 0 Å². The Labute approximate surface area is 135 Å². The molecule has 7 nitrogen and oxygen atoms in total. The third-order valence-corrected chi connectivity index (χ3v) is 4.16.